The summed E-state index contributed by atoms with van der Waals surface area (Å²) in [5.41, 5.74) is 2.76. The van der Waals surface area contributed by atoms with E-state index in [1.54, 1.807) is 6.07 Å². The van der Waals surface area contributed by atoms with Gasteiger partial charge in [0.15, 0.2) is 0 Å². The Hall–Kier alpha value is -1.43. The number of hydrogen-bond acceptors (Lipinski definition) is 4. The van der Waals surface area contributed by atoms with Crippen LogP contribution in [0.3, 0.4) is 0 Å². The summed E-state index contributed by atoms with van der Waals surface area (Å²) in [6, 6.07) is 6.94. The lowest BCUT2D eigenvalue weighted by Gasteiger charge is -2.16. The second-order valence-electron chi connectivity index (χ2n) is 7.63. The van der Waals surface area contributed by atoms with Gasteiger partial charge in [0.2, 0.25) is 5.28 Å². The van der Waals surface area contributed by atoms with E-state index in [2.05, 4.69) is 51.6 Å². The predicted molar refractivity (Wildman–Crippen MR) is 120 cm³/mol. The molecule has 28 heavy (non-hydrogen) atoms. The van der Waals surface area contributed by atoms with Crippen molar-refractivity contribution in [1.29, 1.82) is 5.26 Å². The molecule has 0 saturated carbocycles. The maximum Gasteiger partial charge on any atom is 0.222 e. The lowest BCUT2D eigenvalue weighted by atomic mass is 10.1. The minimum absolute atomic E-state index is 0.124. The average Bonchev–Trinajstić information content (AvgIpc) is 3.00. The smallest absolute Gasteiger partial charge is 0.222 e. The molecule has 3 aromatic rings. The number of ether oxygens (including phenoxy) is 1. The van der Waals surface area contributed by atoms with Crippen molar-refractivity contribution in [3.05, 3.63) is 44.9 Å². The molecule has 0 aliphatic heterocycles. The summed E-state index contributed by atoms with van der Waals surface area (Å²) in [4.78, 5) is 8.22. The van der Waals surface area contributed by atoms with Crippen LogP contribution in [0.5, 0.6) is 0 Å². The zero-order valence-electron chi connectivity index (χ0n) is 15.8. The summed E-state index contributed by atoms with van der Waals surface area (Å²) in [6.07, 6.45) is 3.41. The highest BCUT2D eigenvalue weighted by atomic mass is 79.9. The van der Waals surface area contributed by atoms with Crippen molar-refractivity contribution in [2.45, 2.75) is 32.4 Å². The summed E-state index contributed by atoms with van der Waals surface area (Å²) in [7, 11) is -1.17. The van der Waals surface area contributed by atoms with Crippen molar-refractivity contribution in [3.63, 3.8) is 0 Å². The largest absolute Gasteiger partial charge is 0.361 e. The topological polar surface area (TPSA) is 63.7 Å². The lowest BCUT2D eigenvalue weighted by Crippen LogP contribution is -2.22. The molecule has 2 heterocycles. The lowest BCUT2D eigenvalue weighted by molar-refractivity contribution is 0.0902. The summed E-state index contributed by atoms with van der Waals surface area (Å²) in [5, 5.41) is 10.8. The van der Waals surface area contributed by atoms with E-state index in [0.717, 1.165) is 22.5 Å². The van der Waals surface area contributed by atoms with Gasteiger partial charge in [-0.2, -0.15) is 5.26 Å². The van der Waals surface area contributed by atoms with Crippen LogP contribution in [0.4, 0.5) is 0 Å². The van der Waals surface area contributed by atoms with E-state index >= 15 is 0 Å². The molecule has 146 valence electrons. The van der Waals surface area contributed by atoms with Crippen molar-refractivity contribution < 1.29 is 4.74 Å². The minimum Gasteiger partial charge on any atom is -0.361 e. The normalized spacial score (nSPS) is 11.8. The van der Waals surface area contributed by atoms with E-state index < -0.39 is 8.07 Å². The number of fused-ring (bicyclic) bond motifs is 1. The molecule has 3 rings (SSSR count). The van der Waals surface area contributed by atoms with Gasteiger partial charge in [-0.3, -0.25) is 0 Å². The molecule has 0 spiro atoms. The summed E-state index contributed by atoms with van der Waals surface area (Å²) < 4.78 is 8.61. The third kappa shape index (κ3) is 4.58. The zero-order chi connectivity index (χ0) is 20.5. The van der Waals surface area contributed by atoms with Crippen LogP contribution in [0.25, 0.3) is 22.2 Å². The van der Waals surface area contributed by atoms with Gasteiger partial charge < -0.3 is 9.30 Å². The first-order chi connectivity index (χ1) is 13.2. The van der Waals surface area contributed by atoms with Crippen LogP contribution in [0.2, 0.25) is 36.0 Å². The van der Waals surface area contributed by atoms with E-state index in [-0.39, 0.29) is 5.28 Å². The molecule has 0 fully saturated rings. The van der Waals surface area contributed by atoms with Crippen LogP contribution in [0.1, 0.15) is 5.56 Å². The molecular weight excluding hydrogens is 479 g/mol. The SMILES string of the molecule is C[Si](C)(C)CCOCn1cc(-c2nc(Cl)ncc2Cl)c2ccc(C#N)c(Br)c21. The second-order valence-corrected chi connectivity index (χ2v) is 14.8. The zero-order valence-corrected chi connectivity index (χ0v) is 19.9. The van der Waals surface area contributed by atoms with Crippen LogP contribution < -0.4 is 0 Å². The molecule has 0 N–H and O–H groups in total. The van der Waals surface area contributed by atoms with E-state index in [4.69, 9.17) is 27.9 Å². The molecule has 0 aliphatic carbocycles. The number of benzene rings is 1. The molecule has 9 heteroatoms. The highest BCUT2D eigenvalue weighted by Gasteiger charge is 2.19. The Morgan fingerprint density at radius 2 is 2.04 bits per heavy atom. The minimum atomic E-state index is -1.17. The van der Waals surface area contributed by atoms with Gasteiger partial charge in [0.05, 0.1) is 32.5 Å². The summed E-state index contributed by atoms with van der Waals surface area (Å²) in [5.74, 6) is 0. The third-order valence-corrected chi connectivity index (χ3v) is 7.26. The summed E-state index contributed by atoms with van der Waals surface area (Å²) >= 11 is 15.9. The van der Waals surface area contributed by atoms with Crippen LogP contribution in [-0.4, -0.2) is 29.2 Å². The van der Waals surface area contributed by atoms with Crippen LogP contribution in [0.15, 0.2) is 29.0 Å². The van der Waals surface area contributed by atoms with Gasteiger partial charge in [-0.05, 0) is 39.6 Å². The molecule has 5 nitrogen and oxygen atoms in total. The Balaban J connectivity index is 2.07. The molecule has 0 aliphatic rings. The summed E-state index contributed by atoms with van der Waals surface area (Å²) in [6.45, 7) is 8.01. The highest BCUT2D eigenvalue weighted by Crippen LogP contribution is 2.38. The van der Waals surface area contributed by atoms with Crippen molar-refractivity contribution in [3.8, 4) is 17.3 Å². The Labute approximate surface area is 183 Å². The van der Waals surface area contributed by atoms with Crippen molar-refractivity contribution in [1.82, 2.24) is 14.5 Å². The van der Waals surface area contributed by atoms with Crippen LogP contribution >= 0.6 is 39.1 Å². The number of halogens is 3. The Kier molecular flexibility index (Phi) is 6.47. The molecule has 2 aromatic heterocycles. The number of nitriles is 1. The number of aromatic nitrogens is 3. The Bertz CT molecular complexity index is 1070. The standard InChI is InChI=1S/C19H19BrCl2N4OSi/c1-28(2,3)7-6-27-11-26-10-14(17-15(21)9-24-19(22)25-17)13-5-4-12(8-23)16(20)18(13)26/h4-5,9-10H,6-7,11H2,1-3H3. The number of nitrogens with zero attached hydrogens (tertiary/aromatic N) is 4. The fourth-order valence-corrected chi connectivity index (χ4v) is 4.55. The molecule has 0 saturated heterocycles. The van der Waals surface area contributed by atoms with Gasteiger partial charge in [0.1, 0.15) is 12.8 Å². The average molecular weight is 498 g/mol. The first kappa shape index (κ1) is 21.3. The number of rotatable bonds is 6. The highest BCUT2D eigenvalue weighted by molar-refractivity contribution is 9.10. The fourth-order valence-electron chi connectivity index (χ4n) is 2.81. The molecule has 0 unspecified atom stereocenters. The van der Waals surface area contributed by atoms with E-state index in [1.807, 2.05) is 16.8 Å². The monoisotopic (exact) mass is 496 g/mol. The number of hydrogen-bond donors (Lipinski definition) is 0. The fraction of sp³-hybridized carbons (Fsp3) is 0.316. The first-order valence-corrected chi connectivity index (χ1v) is 13.9. The van der Waals surface area contributed by atoms with E-state index in [0.29, 0.717) is 34.1 Å². The Morgan fingerprint density at radius 1 is 1.29 bits per heavy atom. The van der Waals surface area contributed by atoms with Crippen LogP contribution in [0, 0.1) is 11.3 Å². The molecule has 0 bridgehead atoms. The maximum atomic E-state index is 9.40. The predicted octanol–water partition coefficient (Wildman–Crippen LogP) is 6.35. The molecular formula is C19H19BrCl2N4OSi. The molecule has 0 radical (unpaired) electrons. The van der Waals surface area contributed by atoms with Gasteiger partial charge >= 0.3 is 0 Å². The van der Waals surface area contributed by atoms with Gasteiger partial charge in [-0.15, -0.1) is 0 Å². The van der Waals surface area contributed by atoms with Crippen LogP contribution in [-0.2, 0) is 11.5 Å². The van der Waals surface area contributed by atoms with Crippen molar-refractivity contribution >= 4 is 58.1 Å². The van der Waals surface area contributed by atoms with E-state index in [9.17, 15) is 5.26 Å². The molecule has 0 amide bonds. The quantitative estimate of drug-likeness (QED) is 0.226. The maximum absolute atomic E-state index is 9.40. The molecule has 0 atom stereocenters. The first-order valence-electron chi connectivity index (χ1n) is 8.69. The third-order valence-electron chi connectivity index (χ3n) is 4.30. The van der Waals surface area contributed by atoms with Gasteiger partial charge in [-0.25, -0.2) is 9.97 Å². The van der Waals surface area contributed by atoms with Crippen molar-refractivity contribution in [2.75, 3.05) is 6.61 Å². The van der Waals surface area contributed by atoms with Gasteiger partial charge in [-0.1, -0.05) is 37.3 Å². The van der Waals surface area contributed by atoms with Gasteiger partial charge in [0.25, 0.3) is 0 Å². The second kappa shape index (κ2) is 8.52. The van der Waals surface area contributed by atoms with Crippen molar-refractivity contribution in [2.24, 2.45) is 0 Å². The molecule has 1 aromatic carbocycles. The Morgan fingerprint density at radius 3 is 2.71 bits per heavy atom. The van der Waals surface area contributed by atoms with E-state index in [1.165, 1.54) is 6.20 Å². The van der Waals surface area contributed by atoms with Gasteiger partial charge in [0, 0.05) is 31.8 Å².